The van der Waals surface area contributed by atoms with Gasteiger partial charge in [-0.15, -0.1) is 11.3 Å². The zero-order valence-corrected chi connectivity index (χ0v) is 15.2. The smallest absolute Gasteiger partial charge is 0.246 e. The third kappa shape index (κ3) is 4.34. The monoisotopic (exact) mass is 370 g/mol. The summed E-state index contributed by atoms with van der Waals surface area (Å²) in [7, 11) is 0. The Kier molecular flexibility index (Phi) is 5.76. The molecule has 3 rings (SSSR count). The number of hydrogen-bond acceptors (Lipinski definition) is 5. The summed E-state index contributed by atoms with van der Waals surface area (Å²) in [4.78, 5) is 20.4. The molecule has 1 aliphatic rings. The summed E-state index contributed by atoms with van der Waals surface area (Å²) in [5, 5.41) is 12.4. The number of piperazine rings is 1. The van der Waals surface area contributed by atoms with Gasteiger partial charge in [0.25, 0.3) is 0 Å². The summed E-state index contributed by atoms with van der Waals surface area (Å²) in [6, 6.07) is 7.86. The largest absolute Gasteiger partial charge is 0.337 e. The van der Waals surface area contributed by atoms with Crippen molar-refractivity contribution in [3.8, 4) is 6.07 Å². The lowest BCUT2D eigenvalue weighted by Gasteiger charge is -2.36. The summed E-state index contributed by atoms with van der Waals surface area (Å²) in [5.41, 5.74) is 1.56. The van der Waals surface area contributed by atoms with Crippen LogP contribution in [0.25, 0.3) is 6.08 Å². The summed E-state index contributed by atoms with van der Waals surface area (Å²) < 4.78 is 13.1. The lowest BCUT2D eigenvalue weighted by molar-refractivity contribution is -0.127. The van der Waals surface area contributed by atoms with Gasteiger partial charge in [0.05, 0.1) is 16.8 Å². The van der Waals surface area contributed by atoms with Gasteiger partial charge in [-0.2, -0.15) is 5.26 Å². The maximum Gasteiger partial charge on any atom is 0.246 e. The van der Waals surface area contributed by atoms with Crippen molar-refractivity contribution in [1.82, 2.24) is 14.8 Å². The first-order valence-electron chi connectivity index (χ1n) is 8.35. The number of carbonyl (C=O) groups is 1. The van der Waals surface area contributed by atoms with E-state index < -0.39 is 6.04 Å². The average molecular weight is 370 g/mol. The molecule has 2 aromatic rings. The van der Waals surface area contributed by atoms with Crippen LogP contribution >= 0.6 is 11.3 Å². The van der Waals surface area contributed by atoms with Crippen molar-refractivity contribution in [1.29, 1.82) is 5.26 Å². The predicted octanol–water partition coefficient (Wildman–Crippen LogP) is 3.01. The van der Waals surface area contributed by atoms with Crippen LogP contribution in [-0.4, -0.2) is 46.9 Å². The Labute approximate surface area is 156 Å². The van der Waals surface area contributed by atoms with Crippen molar-refractivity contribution < 1.29 is 9.18 Å². The van der Waals surface area contributed by atoms with E-state index in [2.05, 4.69) is 11.1 Å². The highest BCUT2D eigenvalue weighted by Gasteiger charge is 2.26. The molecular weight excluding hydrogens is 351 g/mol. The Bertz CT molecular complexity index is 832. The van der Waals surface area contributed by atoms with Gasteiger partial charge in [-0.05, 0) is 30.7 Å². The number of nitrogens with zero attached hydrogens (tertiary/aromatic N) is 4. The van der Waals surface area contributed by atoms with E-state index in [1.165, 1.54) is 12.1 Å². The molecule has 1 unspecified atom stereocenters. The van der Waals surface area contributed by atoms with Crippen LogP contribution < -0.4 is 0 Å². The minimum Gasteiger partial charge on any atom is -0.337 e. The summed E-state index contributed by atoms with van der Waals surface area (Å²) in [5.74, 6) is -0.367. The third-order valence-electron chi connectivity index (χ3n) is 4.33. The van der Waals surface area contributed by atoms with E-state index in [0.29, 0.717) is 26.2 Å². The molecule has 5 nitrogen and oxygen atoms in total. The number of nitriles is 1. The molecule has 2 heterocycles. The van der Waals surface area contributed by atoms with E-state index >= 15 is 0 Å². The van der Waals surface area contributed by atoms with Gasteiger partial charge in [-0.1, -0.05) is 12.1 Å². The summed E-state index contributed by atoms with van der Waals surface area (Å²) in [6.07, 6.45) is 3.28. The lowest BCUT2D eigenvalue weighted by atomic mass is 10.1. The molecule has 7 heteroatoms. The van der Waals surface area contributed by atoms with Crippen LogP contribution in [0.15, 0.2) is 35.7 Å². The van der Waals surface area contributed by atoms with Crippen molar-refractivity contribution in [2.75, 3.05) is 26.2 Å². The van der Waals surface area contributed by atoms with Gasteiger partial charge < -0.3 is 4.90 Å². The fourth-order valence-electron chi connectivity index (χ4n) is 2.93. The van der Waals surface area contributed by atoms with Crippen molar-refractivity contribution >= 4 is 23.3 Å². The molecule has 1 aromatic heterocycles. The van der Waals surface area contributed by atoms with Crippen molar-refractivity contribution in [2.24, 2.45) is 0 Å². The van der Waals surface area contributed by atoms with E-state index in [1.54, 1.807) is 40.5 Å². The third-order valence-corrected chi connectivity index (χ3v) is 5.12. The fourth-order valence-corrected chi connectivity index (χ4v) is 3.51. The van der Waals surface area contributed by atoms with Crippen LogP contribution in [0.1, 0.15) is 22.3 Å². The summed E-state index contributed by atoms with van der Waals surface area (Å²) in [6.45, 7) is 4.24. The van der Waals surface area contributed by atoms with E-state index in [0.717, 1.165) is 16.3 Å². The van der Waals surface area contributed by atoms with Crippen molar-refractivity contribution in [3.63, 3.8) is 0 Å². The Balaban J connectivity index is 1.57. The molecule has 1 saturated heterocycles. The van der Waals surface area contributed by atoms with Gasteiger partial charge in [-0.3, -0.25) is 9.69 Å². The van der Waals surface area contributed by atoms with E-state index in [-0.39, 0.29) is 11.7 Å². The molecule has 1 aromatic carbocycles. The highest BCUT2D eigenvalue weighted by Crippen LogP contribution is 2.22. The Morgan fingerprint density at radius 2 is 2.00 bits per heavy atom. The Morgan fingerprint density at radius 1 is 1.31 bits per heavy atom. The molecule has 1 fully saturated rings. The quantitative estimate of drug-likeness (QED) is 0.777. The van der Waals surface area contributed by atoms with Gasteiger partial charge in [0.15, 0.2) is 0 Å². The summed E-state index contributed by atoms with van der Waals surface area (Å²) >= 11 is 1.55. The van der Waals surface area contributed by atoms with Gasteiger partial charge >= 0.3 is 0 Å². The number of hydrogen-bond donors (Lipinski definition) is 0. The number of carbonyl (C=O) groups excluding carboxylic acids is 1. The highest BCUT2D eigenvalue weighted by molar-refractivity contribution is 7.09. The van der Waals surface area contributed by atoms with Crippen LogP contribution in [0, 0.1) is 24.1 Å². The van der Waals surface area contributed by atoms with Gasteiger partial charge in [0.1, 0.15) is 11.9 Å². The second kappa shape index (κ2) is 8.21. The zero-order chi connectivity index (χ0) is 18.5. The number of amides is 1. The SMILES string of the molecule is Cc1nc(C=CC(=O)N2CCN(C(C#N)c3ccc(F)cc3)CC2)cs1. The van der Waals surface area contributed by atoms with Gasteiger partial charge in [0, 0.05) is 37.6 Å². The predicted molar refractivity (Wildman–Crippen MR) is 98.8 cm³/mol. The standard InChI is InChI=1S/C19H19FN4OS/c1-14-22-17(13-26-14)6-7-19(25)24-10-8-23(9-11-24)18(12-21)15-2-4-16(20)5-3-15/h2-7,13,18H,8-11H2,1H3. The molecule has 134 valence electrons. The molecule has 0 N–H and O–H groups in total. The van der Waals surface area contributed by atoms with Crippen LogP contribution in [0.5, 0.6) is 0 Å². The van der Waals surface area contributed by atoms with Crippen LogP contribution in [0.2, 0.25) is 0 Å². The normalized spacial score (nSPS) is 16.6. The first kappa shape index (κ1) is 18.2. The van der Waals surface area contributed by atoms with Crippen LogP contribution in [0.4, 0.5) is 4.39 Å². The molecule has 0 spiro atoms. The molecule has 1 atom stereocenters. The number of rotatable bonds is 4. The number of halogens is 1. The van der Waals surface area contributed by atoms with Crippen molar-refractivity contribution in [3.05, 3.63) is 57.8 Å². The maximum absolute atomic E-state index is 13.1. The minimum atomic E-state index is -0.429. The number of benzene rings is 1. The maximum atomic E-state index is 13.1. The second-order valence-corrected chi connectivity index (χ2v) is 7.13. The van der Waals surface area contributed by atoms with E-state index in [1.807, 2.05) is 17.2 Å². The first-order valence-corrected chi connectivity index (χ1v) is 9.23. The number of aromatic nitrogens is 1. The van der Waals surface area contributed by atoms with E-state index in [4.69, 9.17) is 0 Å². The minimum absolute atomic E-state index is 0.0504. The molecule has 1 aliphatic heterocycles. The molecule has 0 radical (unpaired) electrons. The number of aryl methyl sites for hydroxylation is 1. The lowest BCUT2D eigenvalue weighted by Crippen LogP contribution is -2.49. The topological polar surface area (TPSA) is 60.2 Å². The van der Waals surface area contributed by atoms with Crippen molar-refractivity contribution in [2.45, 2.75) is 13.0 Å². The molecule has 0 saturated carbocycles. The van der Waals surface area contributed by atoms with Crippen LogP contribution in [0.3, 0.4) is 0 Å². The number of thiazole rings is 1. The first-order chi connectivity index (χ1) is 12.6. The van der Waals surface area contributed by atoms with E-state index in [9.17, 15) is 14.4 Å². The zero-order valence-electron chi connectivity index (χ0n) is 14.4. The molecular formula is C19H19FN4OS. The van der Waals surface area contributed by atoms with Gasteiger partial charge in [-0.25, -0.2) is 9.37 Å². The van der Waals surface area contributed by atoms with Crippen LogP contribution in [-0.2, 0) is 4.79 Å². The average Bonchev–Trinajstić information content (AvgIpc) is 3.08. The molecule has 26 heavy (non-hydrogen) atoms. The fraction of sp³-hybridized carbons (Fsp3) is 0.316. The Morgan fingerprint density at radius 3 is 2.58 bits per heavy atom. The molecule has 0 bridgehead atoms. The second-order valence-electron chi connectivity index (χ2n) is 6.07. The van der Waals surface area contributed by atoms with Gasteiger partial charge in [0.2, 0.25) is 5.91 Å². The molecule has 0 aliphatic carbocycles. The highest BCUT2D eigenvalue weighted by atomic mass is 32.1. The Hall–Kier alpha value is -2.56. The molecule has 1 amide bonds.